The van der Waals surface area contributed by atoms with Gasteiger partial charge in [-0.15, -0.1) is 0 Å². The van der Waals surface area contributed by atoms with Crippen molar-refractivity contribution in [2.75, 3.05) is 0 Å². The van der Waals surface area contributed by atoms with Gasteiger partial charge in [-0.3, -0.25) is 4.79 Å². The molecule has 2 aliphatic heterocycles. The quantitative estimate of drug-likeness (QED) is 0.882. The van der Waals surface area contributed by atoms with Crippen LogP contribution in [0.3, 0.4) is 0 Å². The number of nitrogens with two attached hydrogens (primary N) is 1. The van der Waals surface area contributed by atoms with E-state index in [4.69, 9.17) is 10.3 Å². The molecule has 0 aromatic carbocycles. The van der Waals surface area contributed by atoms with E-state index in [2.05, 4.69) is 15.5 Å². The van der Waals surface area contributed by atoms with E-state index in [-0.39, 0.29) is 23.8 Å². The third-order valence-corrected chi connectivity index (χ3v) is 4.91. The van der Waals surface area contributed by atoms with Crippen LogP contribution in [0, 0.1) is 5.92 Å². The number of piperidine rings is 1. The Labute approximate surface area is 124 Å². The minimum atomic E-state index is -4.63. The second kappa shape index (κ2) is 4.94. The predicted octanol–water partition coefficient (Wildman–Crippen LogP) is 1.58. The van der Waals surface area contributed by atoms with Crippen LogP contribution in [0.25, 0.3) is 0 Å². The van der Waals surface area contributed by atoms with Crippen LogP contribution in [0.2, 0.25) is 0 Å². The molecule has 122 valence electrons. The topological polar surface area (TPSA) is 94.0 Å². The highest BCUT2D eigenvalue weighted by Gasteiger charge is 2.51. The number of hydrogen-bond acceptors (Lipinski definition) is 5. The summed E-state index contributed by atoms with van der Waals surface area (Å²) in [4.78, 5) is 15.0. The van der Waals surface area contributed by atoms with Crippen molar-refractivity contribution in [3.63, 3.8) is 0 Å². The molecule has 1 aromatic rings. The third-order valence-electron chi connectivity index (χ3n) is 4.91. The van der Waals surface area contributed by atoms with E-state index in [1.165, 1.54) is 0 Å². The lowest BCUT2D eigenvalue weighted by Crippen LogP contribution is -2.54. The van der Waals surface area contributed by atoms with Crippen molar-refractivity contribution < 1.29 is 22.5 Å². The summed E-state index contributed by atoms with van der Waals surface area (Å²) in [5.41, 5.74) is 4.90. The molecule has 2 bridgehead atoms. The molecule has 3 unspecified atom stereocenters. The minimum absolute atomic E-state index is 0.0643. The molecule has 3 heterocycles. The number of nitrogens with one attached hydrogen (secondary N) is 1. The maximum Gasteiger partial charge on any atom is 0.455 e. The molecule has 2 saturated heterocycles. The molecule has 1 amide bonds. The monoisotopic (exact) mass is 318 g/mol. The average Bonchev–Trinajstić information content (AvgIpc) is 3.03. The van der Waals surface area contributed by atoms with Crippen molar-refractivity contribution in [1.29, 1.82) is 0 Å². The largest absolute Gasteiger partial charge is 0.455 e. The first kappa shape index (κ1) is 15.3. The van der Waals surface area contributed by atoms with Gasteiger partial charge < -0.3 is 15.6 Å². The average molecular weight is 318 g/mol. The number of rotatable bonds is 3. The molecule has 2 fully saturated rings. The van der Waals surface area contributed by atoms with E-state index in [1.54, 1.807) is 6.92 Å². The summed E-state index contributed by atoms with van der Waals surface area (Å²) in [7, 11) is 0. The van der Waals surface area contributed by atoms with Gasteiger partial charge in [-0.1, -0.05) is 12.1 Å². The Hall–Kier alpha value is -1.64. The second-order valence-corrected chi connectivity index (χ2v) is 6.25. The molecule has 0 saturated carbocycles. The molecule has 1 aromatic heterocycles. The van der Waals surface area contributed by atoms with Crippen LogP contribution in [0.1, 0.15) is 50.2 Å². The van der Waals surface area contributed by atoms with E-state index in [1.807, 2.05) is 0 Å². The van der Waals surface area contributed by atoms with Gasteiger partial charge in [-0.2, -0.15) is 18.2 Å². The summed E-state index contributed by atoms with van der Waals surface area (Å²) in [5, 5.41) is 6.42. The lowest BCUT2D eigenvalue weighted by atomic mass is 9.75. The maximum absolute atomic E-state index is 12.6. The highest BCUT2D eigenvalue weighted by atomic mass is 19.4. The third kappa shape index (κ3) is 2.47. The second-order valence-electron chi connectivity index (χ2n) is 6.25. The van der Waals surface area contributed by atoms with Gasteiger partial charge in [0.15, 0.2) is 0 Å². The fraction of sp³-hybridized carbons (Fsp3) is 0.769. The summed E-state index contributed by atoms with van der Waals surface area (Å²) < 4.78 is 42.6. The molecule has 0 radical (unpaired) electrons. The highest BCUT2D eigenvalue weighted by molar-refractivity contribution is 5.77. The van der Waals surface area contributed by atoms with Gasteiger partial charge >= 0.3 is 6.18 Å². The molecule has 2 aliphatic rings. The summed E-state index contributed by atoms with van der Waals surface area (Å²) in [6.07, 6.45) is -1.89. The number of carbonyl (C=O) groups excluding carboxylic acids is 1. The van der Waals surface area contributed by atoms with E-state index in [9.17, 15) is 18.0 Å². The number of amides is 1. The number of hydrogen-bond donors (Lipinski definition) is 2. The lowest BCUT2D eigenvalue weighted by molar-refractivity contribution is -0.146. The fourth-order valence-corrected chi connectivity index (χ4v) is 3.68. The van der Waals surface area contributed by atoms with Crippen molar-refractivity contribution in [3.8, 4) is 0 Å². The first-order chi connectivity index (χ1) is 10.2. The van der Waals surface area contributed by atoms with Gasteiger partial charge in [0, 0.05) is 17.5 Å². The fourth-order valence-electron chi connectivity index (χ4n) is 3.68. The number of carbonyl (C=O) groups is 1. The van der Waals surface area contributed by atoms with Crippen LogP contribution in [0.5, 0.6) is 0 Å². The standard InChI is InChI=1S/C13H17F3N4O2/c1-6(10-18-11(20-22-10)13(14,15)16)12-3-2-8(19-12)4-7(5-12)9(17)21/h6-8,19H,2-5H2,1H3,(H2,17,21)/t6-,7?,8?,12?/m1/s1. The molecule has 3 N–H and O–H groups in total. The number of halogens is 3. The van der Waals surface area contributed by atoms with Crippen LogP contribution in [0.4, 0.5) is 13.2 Å². The summed E-state index contributed by atoms with van der Waals surface area (Å²) in [5.74, 6) is -2.41. The predicted molar refractivity (Wildman–Crippen MR) is 68.5 cm³/mol. The Morgan fingerprint density at radius 3 is 2.86 bits per heavy atom. The van der Waals surface area contributed by atoms with Crippen LogP contribution in [0.15, 0.2) is 4.52 Å². The summed E-state index contributed by atoms with van der Waals surface area (Å²) >= 11 is 0. The van der Waals surface area contributed by atoms with Gasteiger partial charge in [-0.05, 0) is 25.7 Å². The Balaban J connectivity index is 1.86. The summed E-state index contributed by atoms with van der Waals surface area (Å²) in [6, 6.07) is 0.152. The number of primary amides is 1. The first-order valence-corrected chi connectivity index (χ1v) is 7.19. The van der Waals surface area contributed by atoms with Crippen LogP contribution >= 0.6 is 0 Å². The van der Waals surface area contributed by atoms with Crippen LogP contribution in [-0.2, 0) is 11.0 Å². The van der Waals surface area contributed by atoms with E-state index in [0.29, 0.717) is 12.8 Å². The lowest BCUT2D eigenvalue weighted by Gasteiger charge is -2.41. The zero-order valence-corrected chi connectivity index (χ0v) is 12.0. The Morgan fingerprint density at radius 1 is 1.55 bits per heavy atom. The Morgan fingerprint density at radius 2 is 2.27 bits per heavy atom. The van der Waals surface area contributed by atoms with Gasteiger partial charge in [0.25, 0.3) is 5.82 Å². The zero-order chi connectivity index (χ0) is 16.1. The van der Waals surface area contributed by atoms with Gasteiger partial charge in [-0.25, -0.2) is 0 Å². The smallest absolute Gasteiger partial charge is 0.369 e. The van der Waals surface area contributed by atoms with E-state index in [0.717, 1.165) is 12.8 Å². The van der Waals surface area contributed by atoms with Crippen molar-refractivity contribution in [2.45, 2.75) is 56.3 Å². The molecular weight excluding hydrogens is 301 g/mol. The first-order valence-electron chi connectivity index (χ1n) is 7.19. The van der Waals surface area contributed by atoms with Crippen molar-refractivity contribution in [1.82, 2.24) is 15.5 Å². The number of nitrogens with zero attached hydrogens (tertiary/aromatic N) is 2. The van der Waals surface area contributed by atoms with Crippen molar-refractivity contribution >= 4 is 5.91 Å². The molecule has 6 nitrogen and oxygen atoms in total. The number of alkyl halides is 3. The molecule has 0 aliphatic carbocycles. The number of aromatic nitrogens is 2. The molecule has 22 heavy (non-hydrogen) atoms. The summed E-state index contributed by atoms with van der Waals surface area (Å²) in [6.45, 7) is 1.74. The number of fused-ring (bicyclic) bond motifs is 2. The maximum atomic E-state index is 12.6. The zero-order valence-electron chi connectivity index (χ0n) is 12.0. The SMILES string of the molecule is C[C@H](c1nc(C(F)(F)F)no1)C12CCC(CC(C(N)=O)C1)N2. The highest BCUT2D eigenvalue weighted by Crippen LogP contribution is 2.46. The molecule has 0 spiro atoms. The van der Waals surface area contributed by atoms with Crippen molar-refractivity contribution in [2.24, 2.45) is 11.7 Å². The minimum Gasteiger partial charge on any atom is -0.369 e. The van der Waals surface area contributed by atoms with Crippen molar-refractivity contribution in [3.05, 3.63) is 11.7 Å². The molecular formula is C13H17F3N4O2. The van der Waals surface area contributed by atoms with Crippen LogP contribution in [-0.4, -0.2) is 27.6 Å². The normalized spacial score (nSPS) is 32.9. The van der Waals surface area contributed by atoms with Crippen LogP contribution < -0.4 is 11.1 Å². The van der Waals surface area contributed by atoms with E-state index >= 15 is 0 Å². The molecule has 4 atom stereocenters. The molecule has 9 heteroatoms. The van der Waals surface area contributed by atoms with E-state index < -0.39 is 23.5 Å². The van der Waals surface area contributed by atoms with Gasteiger partial charge in [0.1, 0.15) is 0 Å². The molecule has 3 rings (SSSR count). The Bertz CT molecular complexity index is 588. The Kier molecular flexibility index (Phi) is 3.42. The van der Waals surface area contributed by atoms with Gasteiger partial charge in [0.05, 0.1) is 5.92 Å². The van der Waals surface area contributed by atoms with Gasteiger partial charge in [0.2, 0.25) is 11.8 Å².